The summed E-state index contributed by atoms with van der Waals surface area (Å²) in [5.74, 6) is 0.737. The van der Waals surface area contributed by atoms with Crippen molar-refractivity contribution in [3.05, 3.63) is 70.8 Å². The van der Waals surface area contributed by atoms with Crippen molar-refractivity contribution in [2.75, 3.05) is 6.54 Å². The molecule has 0 spiro atoms. The first-order valence-corrected chi connectivity index (χ1v) is 8.60. The lowest BCUT2D eigenvalue weighted by Gasteiger charge is -2.45. The summed E-state index contributed by atoms with van der Waals surface area (Å²) in [5.41, 5.74) is 6.16. The lowest BCUT2D eigenvalue weighted by atomic mass is 9.80. The molecular weight excluding hydrogens is 266 g/mol. The molecule has 2 aromatic rings. The van der Waals surface area contributed by atoms with E-state index in [0.29, 0.717) is 6.04 Å². The highest BCUT2D eigenvalue weighted by Crippen LogP contribution is 2.55. The molecule has 0 radical (unpaired) electrons. The highest BCUT2D eigenvalue weighted by atomic mass is 15.3. The maximum atomic E-state index is 2.77. The molecule has 0 N–H and O–H groups in total. The average Bonchev–Trinajstić information content (AvgIpc) is 2.72. The van der Waals surface area contributed by atoms with E-state index in [1.807, 2.05) is 0 Å². The summed E-state index contributed by atoms with van der Waals surface area (Å²) in [6.07, 6.45) is 2.40. The highest BCUT2D eigenvalue weighted by molar-refractivity contribution is 5.54. The molecule has 2 bridgehead atoms. The van der Waals surface area contributed by atoms with Gasteiger partial charge in [-0.1, -0.05) is 68.8 Å². The highest BCUT2D eigenvalue weighted by Gasteiger charge is 2.51. The normalized spacial score (nSPS) is 27.3. The Hall–Kier alpha value is -1.60. The number of hydrogen-bond acceptors (Lipinski definition) is 1. The van der Waals surface area contributed by atoms with Gasteiger partial charge in [0, 0.05) is 12.6 Å². The van der Waals surface area contributed by atoms with Gasteiger partial charge in [0.2, 0.25) is 0 Å². The second kappa shape index (κ2) is 4.96. The quantitative estimate of drug-likeness (QED) is 0.776. The van der Waals surface area contributed by atoms with Crippen LogP contribution in [0, 0.1) is 5.92 Å². The molecule has 114 valence electrons. The lowest BCUT2D eigenvalue weighted by Crippen LogP contribution is -2.47. The summed E-state index contributed by atoms with van der Waals surface area (Å²) < 4.78 is 0. The third-order valence-corrected chi connectivity index (χ3v) is 5.96. The molecule has 1 nitrogen and oxygen atoms in total. The van der Waals surface area contributed by atoms with Crippen LogP contribution in [-0.4, -0.2) is 11.4 Å². The molecule has 2 aliphatic heterocycles. The number of fused-ring (bicyclic) bond motifs is 7. The minimum Gasteiger partial charge on any atom is -0.282 e. The Labute approximate surface area is 134 Å². The summed E-state index contributed by atoms with van der Waals surface area (Å²) in [5, 5.41) is 0. The molecule has 22 heavy (non-hydrogen) atoms. The molecule has 1 unspecified atom stereocenters. The molecule has 2 aliphatic rings. The Morgan fingerprint density at radius 2 is 1.77 bits per heavy atom. The van der Waals surface area contributed by atoms with E-state index in [1.54, 1.807) is 5.56 Å². The van der Waals surface area contributed by atoms with Gasteiger partial charge in [0.15, 0.2) is 0 Å². The van der Waals surface area contributed by atoms with Crippen LogP contribution in [0.1, 0.15) is 55.5 Å². The molecule has 0 fully saturated rings. The average molecular weight is 291 g/mol. The summed E-state index contributed by atoms with van der Waals surface area (Å²) >= 11 is 0. The Bertz CT molecular complexity index is 692. The van der Waals surface area contributed by atoms with Crippen LogP contribution in [0.25, 0.3) is 0 Å². The van der Waals surface area contributed by atoms with Gasteiger partial charge < -0.3 is 0 Å². The smallest absolute Gasteiger partial charge is 0.0698 e. The monoisotopic (exact) mass is 291 g/mol. The van der Waals surface area contributed by atoms with Crippen molar-refractivity contribution in [3.63, 3.8) is 0 Å². The lowest BCUT2D eigenvalue weighted by molar-refractivity contribution is 0.0772. The number of rotatable bonds is 3. The second-order valence-electron chi connectivity index (χ2n) is 7.20. The van der Waals surface area contributed by atoms with E-state index in [4.69, 9.17) is 0 Å². The molecular formula is C21H25N. The van der Waals surface area contributed by atoms with Gasteiger partial charge in [-0.3, -0.25) is 4.90 Å². The molecule has 0 aliphatic carbocycles. The van der Waals surface area contributed by atoms with E-state index in [9.17, 15) is 0 Å². The molecule has 0 aromatic heterocycles. The van der Waals surface area contributed by atoms with Gasteiger partial charge in [0.1, 0.15) is 0 Å². The molecule has 3 atom stereocenters. The predicted octanol–water partition coefficient (Wildman–Crippen LogP) is 4.91. The zero-order chi connectivity index (χ0) is 15.3. The van der Waals surface area contributed by atoms with Crippen molar-refractivity contribution < 1.29 is 0 Å². The van der Waals surface area contributed by atoms with Crippen molar-refractivity contribution in [2.45, 2.75) is 45.2 Å². The Kier molecular flexibility index (Phi) is 3.16. The van der Waals surface area contributed by atoms with Crippen LogP contribution in [0.4, 0.5) is 0 Å². The Morgan fingerprint density at radius 3 is 2.55 bits per heavy atom. The first-order chi connectivity index (χ1) is 10.7. The minimum atomic E-state index is 0.0412. The topological polar surface area (TPSA) is 3.24 Å². The minimum absolute atomic E-state index is 0.0412. The number of hydrogen-bond donors (Lipinski definition) is 0. The van der Waals surface area contributed by atoms with Crippen molar-refractivity contribution >= 4 is 0 Å². The Morgan fingerprint density at radius 1 is 1.09 bits per heavy atom. The van der Waals surface area contributed by atoms with Crippen LogP contribution >= 0.6 is 0 Å². The van der Waals surface area contributed by atoms with Crippen LogP contribution in [0.2, 0.25) is 0 Å². The van der Waals surface area contributed by atoms with E-state index >= 15 is 0 Å². The molecule has 1 heteroatoms. The van der Waals surface area contributed by atoms with Gasteiger partial charge in [-0.15, -0.1) is 0 Å². The Balaban J connectivity index is 1.91. The number of nitrogens with zero attached hydrogens (tertiary/aromatic N) is 1. The van der Waals surface area contributed by atoms with E-state index in [0.717, 1.165) is 12.3 Å². The van der Waals surface area contributed by atoms with Crippen LogP contribution in [0.15, 0.2) is 48.5 Å². The summed E-state index contributed by atoms with van der Waals surface area (Å²) in [6, 6.07) is 18.7. The van der Waals surface area contributed by atoms with Crippen molar-refractivity contribution in [2.24, 2.45) is 5.92 Å². The fraction of sp³-hybridized carbons (Fsp3) is 0.429. The summed E-state index contributed by atoms with van der Waals surface area (Å²) in [4.78, 5) is 2.77. The van der Waals surface area contributed by atoms with Crippen molar-refractivity contribution in [1.29, 1.82) is 0 Å². The van der Waals surface area contributed by atoms with Gasteiger partial charge in [-0.2, -0.15) is 0 Å². The standard InChI is InChI=1S/C21H25N/c1-4-15(2)14-22-20-13-16-9-5-7-11-18(16)21(22,3)19-12-8-6-10-17(19)20/h5-12,15,20H,4,13-14H2,1-3H3/t15?,20-,21+/m1/s1. The molecule has 4 rings (SSSR count). The fourth-order valence-corrected chi connectivity index (χ4v) is 4.54. The predicted molar refractivity (Wildman–Crippen MR) is 91.9 cm³/mol. The first-order valence-electron chi connectivity index (χ1n) is 8.60. The zero-order valence-electron chi connectivity index (χ0n) is 13.8. The second-order valence-corrected chi connectivity index (χ2v) is 7.20. The van der Waals surface area contributed by atoms with Crippen LogP contribution in [-0.2, 0) is 12.0 Å². The van der Waals surface area contributed by atoms with Gasteiger partial charge in [-0.05, 0) is 41.5 Å². The summed E-state index contributed by atoms with van der Waals surface area (Å²) in [7, 11) is 0. The van der Waals surface area contributed by atoms with Gasteiger partial charge in [0.25, 0.3) is 0 Å². The van der Waals surface area contributed by atoms with Crippen molar-refractivity contribution in [1.82, 2.24) is 4.90 Å². The van der Waals surface area contributed by atoms with Crippen LogP contribution in [0.3, 0.4) is 0 Å². The van der Waals surface area contributed by atoms with E-state index < -0.39 is 0 Å². The molecule has 0 saturated carbocycles. The SMILES string of the molecule is CCC(C)CN1[C@@H]2Cc3ccccc3[C@@]1(C)c1ccccc12. The van der Waals surface area contributed by atoms with E-state index in [-0.39, 0.29) is 5.54 Å². The first kappa shape index (κ1) is 14.0. The zero-order valence-corrected chi connectivity index (χ0v) is 13.8. The van der Waals surface area contributed by atoms with E-state index in [2.05, 4.69) is 74.2 Å². The van der Waals surface area contributed by atoms with Gasteiger partial charge in [0.05, 0.1) is 5.54 Å². The number of benzene rings is 2. The molecule has 0 saturated heterocycles. The largest absolute Gasteiger partial charge is 0.282 e. The summed E-state index contributed by atoms with van der Waals surface area (Å²) in [6.45, 7) is 8.31. The fourth-order valence-electron chi connectivity index (χ4n) is 4.54. The van der Waals surface area contributed by atoms with E-state index in [1.165, 1.54) is 29.7 Å². The van der Waals surface area contributed by atoms with Gasteiger partial charge in [-0.25, -0.2) is 0 Å². The van der Waals surface area contributed by atoms with Crippen molar-refractivity contribution in [3.8, 4) is 0 Å². The third-order valence-electron chi connectivity index (χ3n) is 5.96. The third kappa shape index (κ3) is 1.75. The maximum absolute atomic E-state index is 2.77. The molecule has 0 amide bonds. The van der Waals surface area contributed by atoms with Gasteiger partial charge >= 0.3 is 0 Å². The van der Waals surface area contributed by atoms with Crippen LogP contribution in [0.5, 0.6) is 0 Å². The molecule has 2 heterocycles. The van der Waals surface area contributed by atoms with Crippen LogP contribution < -0.4 is 0 Å². The maximum Gasteiger partial charge on any atom is 0.0698 e. The molecule has 2 aromatic carbocycles.